The van der Waals surface area contributed by atoms with E-state index in [0.717, 1.165) is 42.7 Å². The Labute approximate surface area is 166 Å². The number of thiocarbonyl (C=S) groups is 1. The molecule has 140 valence electrons. The molecule has 3 rings (SSSR count). The molecule has 0 aliphatic carbocycles. The molecule has 1 aliphatic rings. The van der Waals surface area contributed by atoms with Gasteiger partial charge in [0, 0.05) is 27.4 Å². The Morgan fingerprint density at radius 2 is 2.23 bits per heavy atom. The molecule has 0 unspecified atom stereocenters. The molecule has 0 N–H and O–H groups in total. The van der Waals surface area contributed by atoms with Crippen LogP contribution < -0.4 is 9.64 Å². The Bertz CT molecular complexity index is 978. The van der Waals surface area contributed by atoms with Crippen LogP contribution >= 0.6 is 35.3 Å². The van der Waals surface area contributed by atoms with Gasteiger partial charge in [-0.15, -0.1) is 11.3 Å². The summed E-state index contributed by atoms with van der Waals surface area (Å²) in [6, 6.07) is 4.02. The fourth-order valence-corrected chi connectivity index (χ4v) is 5.71. The first-order valence-corrected chi connectivity index (χ1v) is 11.7. The standard InChI is InChI=1S/C17H19NO4S4/c1-3-11(23)9-15-18(6-4-8-26(19,20)21)16-14(25-15)10-13(22-2)12-5-7-24-17(12)16/h5,7,9-10H,3-4,6,8H2,1-2H3,(H,19,20,21)/p-1/b15-9-. The summed E-state index contributed by atoms with van der Waals surface area (Å²) >= 11 is 8.58. The molecule has 0 radical (unpaired) electrons. The molecule has 0 bridgehead atoms. The summed E-state index contributed by atoms with van der Waals surface area (Å²) in [6.07, 6.45) is 2.98. The van der Waals surface area contributed by atoms with Crippen molar-refractivity contribution in [2.45, 2.75) is 24.7 Å². The van der Waals surface area contributed by atoms with E-state index in [0.29, 0.717) is 6.54 Å². The monoisotopic (exact) mass is 428 g/mol. The first-order valence-electron chi connectivity index (χ1n) is 8.05. The predicted octanol–water partition coefficient (Wildman–Crippen LogP) is 4.38. The van der Waals surface area contributed by atoms with Crippen molar-refractivity contribution in [3.8, 4) is 5.75 Å². The molecule has 9 heteroatoms. The van der Waals surface area contributed by atoms with Crippen LogP contribution in [0.3, 0.4) is 0 Å². The highest BCUT2D eigenvalue weighted by atomic mass is 32.2. The quantitative estimate of drug-likeness (QED) is 0.368. The second kappa shape index (κ2) is 7.85. The lowest BCUT2D eigenvalue weighted by Gasteiger charge is -2.22. The molecule has 0 amide bonds. The fraction of sp³-hybridized carbons (Fsp3) is 0.353. The number of hydrogen-bond acceptors (Lipinski definition) is 8. The summed E-state index contributed by atoms with van der Waals surface area (Å²) in [5.74, 6) is 0.438. The molecule has 1 aliphatic heterocycles. The van der Waals surface area contributed by atoms with Gasteiger partial charge in [0.25, 0.3) is 0 Å². The number of nitrogens with zero attached hydrogens (tertiary/aromatic N) is 1. The number of benzene rings is 1. The van der Waals surface area contributed by atoms with Crippen molar-refractivity contribution >= 4 is 66.1 Å². The van der Waals surface area contributed by atoms with E-state index in [2.05, 4.69) is 4.90 Å². The number of ether oxygens (including phenoxy) is 1. The van der Waals surface area contributed by atoms with E-state index in [-0.39, 0.29) is 12.2 Å². The zero-order valence-corrected chi connectivity index (χ0v) is 17.6. The Kier molecular flexibility index (Phi) is 5.93. The molecule has 0 spiro atoms. The molecule has 0 fully saturated rings. The number of hydrogen-bond donors (Lipinski definition) is 0. The third-order valence-electron chi connectivity index (χ3n) is 4.02. The normalized spacial score (nSPS) is 15.7. The van der Waals surface area contributed by atoms with Crippen molar-refractivity contribution in [2.75, 3.05) is 24.3 Å². The third-order valence-corrected chi connectivity index (χ3v) is 7.22. The number of methoxy groups -OCH3 is 1. The molecule has 1 aromatic carbocycles. The van der Waals surface area contributed by atoms with Crippen LogP contribution in [-0.2, 0) is 10.1 Å². The smallest absolute Gasteiger partial charge is 0.128 e. The van der Waals surface area contributed by atoms with Crippen LogP contribution in [0.15, 0.2) is 33.5 Å². The number of thiophene rings is 1. The van der Waals surface area contributed by atoms with Crippen LogP contribution in [0.5, 0.6) is 5.75 Å². The second-order valence-corrected chi connectivity index (χ2v) is 9.79. The average molecular weight is 429 g/mol. The predicted molar refractivity (Wildman–Crippen MR) is 112 cm³/mol. The van der Waals surface area contributed by atoms with Gasteiger partial charge in [0.05, 0.1) is 32.6 Å². The summed E-state index contributed by atoms with van der Waals surface area (Å²) in [4.78, 5) is 3.95. The van der Waals surface area contributed by atoms with E-state index in [1.165, 1.54) is 0 Å². The first-order chi connectivity index (χ1) is 12.3. The van der Waals surface area contributed by atoms with Crippen LogP contribution in [0.4, 0.5) is 5.69 Å². The summed E-state index contributed by atoms with van der Waals surface area (Å²) in [5.41, 5.74) is 1.04. The minimum Gasteiger partial charge on any atom is -0.748 e. The first kappa shape index (κ1) is 19.6. The van der Waals surface area contributed by atoms with Crippen molar-refractivity contribution in [3.05, 3.63) is 28.6 Å². The number of rotatable bonds is 7. The minimum atomic E-state index is -4.23. The van der Waals surface area contributed by atoms with E-state index in [1.54, 1.807) is 30.2 Å². The van der Waals surface area contributed by atoms with Gasteiger partial charge in [0.2, 0.25) is 0 Å². The lowest BCUT2D eigenvalue weighted by molar-refractivity contribution is 0.419. The molecular formula is C17H18NO4S4-. The molecule has 2 heterocycles. The fourth-order valence-electron chi connectivity index (χ4n) is 2.81. The SMILES string of the molecule is CCC(=S)/C=C1\Sc2cc(OC)c3ccsc3c2N1CCCS(=O)(=O)[O-]. The maximum absolute atomic E-state index is 11.0. The highest BCUT2D eigenvalue weighted by molar-refractivity contribution is 8.03. The van der Waals surface area contributed by atoms with Crippen molar-refractivity contribution in [3.63, 3.8) is 0 Å². The van der Waals surface area contributed by atoms with Crippen LogP contribution in [0, 0.1) is 0 Å². The Morgan fingerprint density at radius 3 is 2.88 bits per heavy atom. The highest BCUT2D eigenvalue weighted by Gasteiger charge is 2.29. The van der Waals surface area contributed by atoms with Crippen LogP contribution in [-0.4, -0.2) is 37.2 Å². The van der Waals surface area contributed by atoms with Crippen molar-refractivity contribution in [2.24, 2.45) is 0 Å². The second-order valence-electron chi connectivity index (χ2n) is 5.76. The van der Waals surface area contributed by atoms with Gasteiger partial charge >= 0.3 is 0 Å². The van der Waals surface area contributed by atoms with Gasteiger partial charge in [-0.05, 0) is 36.4 Å². The number of fused-ring (bicyclic) bond motifs is 3. The lowest BCUT2D eigenvalue weighted by Crippen LogP contribution is -2.22. The van der Waals surface area contributed by atoms with Gasteiger partial charge in [0.15, 0.2) is 0 Å². The van der Waals surface area contributed by atoms with Gasteiger partial charge < -0.3 is 14.2 Å². The van der Waals surface area contributed by atoms with Crippen molar-refractivity contribution in [1.29, 1.82) is 0 Å². The molecule has 26 heavy (non-hydrogen) atoms. The molecular weight excluding hydrogens is 410 g/mol. The van der Waals surface area contributed by atoms with Crippen LogP contribution in [0.25, 0.3) is 10.1 Å². The van der Waals surface area contributed by atoms with Gasteiger partial charge in [-0.1, -0.05) is 30.9 Å². The average Bonchev–Trinajstić information content (AvgIpc) is 3.17. The molecule has 0 atom stereocenters. The number of anilines is 1. The Balaban J connectivity index is 2.04. The van der Waals surface area contributed by atoms with E-state index < -0.39 is 10.1 Å². The number of allylic oxidation sites excluding steroid dienone is 1. The molecule has 0 saturated heterocycles. The van der Waals surface area contributed by atoms with Gasteiger partial charge in [-0.25, -0.2) is 8.42 Å². The van der Waals surface area contributed by atoms with Crippen LogP contribution in [0.1, 0.15) is 19.8 Å². The zero-order chi connectivity index (χ0) is 18.9. The summed E-state index contributed by atoms with van der Waals surface area (Å²) in [7, 11) is -2.58. The van der Waals surface area contributed by atoms with E-state index >= 15 is 0 Å². The van der Waals surface area contributed by atoms with E-state index in [9.17, 15) is 13.0 Å². The van der Waals surface area contributed by atoms with Crippen molar-refractivity contribution in [1.82, 2.24) is 0 Å². The van der Waals surface area contributed by atoms with Gasteiger partial charge in [-0.2, -0.15) is 0 Å². The Hall–Kier alpha value is -1.13. The van der Waals surface area contributed by atoms with Crippen molar-refractivity contribution < 1.29 is 17.7 Å². The topological polar surface area (TPSA) is 69.7 Å². The maximum Gasteiger partial charge on any atom is 0.128 e. The van der Waals surface area contributed by atoms with E-state index in [4.69, 9.17) is 17.0 Å². The zero-order valence-electron chi connectivity index (χ0n) is 14.4. The maximum atomic E-state index is 11.0. The highest BCUT2D eigenvalue weighted by Crippen LogP contribution is 2.53. The van der Waals surface area contributed by atoms with E-state index in [1.807, 2.05) is 30.5 Å². The van der Waals surface area contributed by atoms with Gasteiger partial charge in [-0.3, -0.25) is 0 Å². The lowest BCUT2D eigenvalue weighted by atomic mass is 10.2. The van der Waals surface area contributed by atoms with Gasteiger partial charge in [0.1, 0.15) is 5.75 Å². The molecule has 2 aromatic rings. The largest absolute Gasteiger partial charge is 0.748 e. The third kappa shape index (κ3) is 4.07. The molecule has 1 aromatic heterocycles. The minimum absolute atomic E-state index is 0.265. The molecule has 0 saturated carbocycles. The van der Waals surface area contributed by atoms with Crippen LogP contribution in [0.2, 0.25) is 0 Å². The summed E-state index contributed by atoms with van der Waals surface area (Å²) in [5, 5.41) is 3.99. The Morgan fingerprint density at radius 1 is 1.46 bits per heavy atom. The summed E-state index contributed by atoms with van der Waals surface area (Å²) in [6.45, 7) is 2.44. The number of thioether (sulfide) groups is 1. The summed E-state index contributed by atoms with van der Waals surface area (Å²) < 4.78 is 39.5. The molecule has 5 nitrogen and oxygen atoms in total.